The van der Waals surface area contributed by atoms with Crippen LogP contribution in [0.1, 0.15) is 18.9 Å². The lowest BCUT2D eigenvalue weighted by Crippen LogP contribution is -2.32. The molecule has 0 saturated carbocycles. The van der Waals surface area contributed by atoms with E-state index < -0.39 is 12.2 Å². The van der Waals surface area contributed by atoms with E-state index in [2.05, 4.69) is 6.58 Å². The fourth-order valence-corrected chi connectivity index (χ4v) is 1.67. The summed E-state index contributed by atoms with van der Waals surface area (Å²) in [5.41, 5.74) is 1.07. The van der Waals surface area contributed by atoms with Crippen LogP contribution in [-0.2, 0) is 11.3 Å². The van der Waals surface area contributed by atoms with E-state index in [1.54, 1.807) is 6.08 Å². The second-order valence-corrected chi connectivity index (χ2v) is 4.52. The van der Waals surface area contributed by atoms with Gasteiger partial charge in [-0.25, -0.2) is 0 Å². The molecule has 0 aliphatic heterocycles. The van der Waals surface area contributed by atoms with E-state index in [-0.39, 0.29) is 12.5 Å². The molecule has 3 nitrogen and oxygen atoms in total. The Morgan fingerprint density at radius 3 is 2.50 bits per heavy atom. The van der Waals surface area contributed by atoms with Crippen molar-refractivity contribution in [3.05, 3.63) is 48.6 Å². The third-order valence-corrected chi connectivity index (χ3v) is 3.02. The van der Waals surface area contributed by atoms with Crippen molar-refractivity contribution >= 4 is 0 Å². The summed E-state index contributed by atoms with van der Waals surface area (Å²) in [6.45, 7) is 6.08. The van der Waals surface area contributed by atoms with Gasteiger partial charge in [-0.1, -0.05) is 43.3 Å². The van der Waals surface area contributed by atoms with Gasteiger partial charge in [-0.3, -0.25) is 0 Å². The molecule has 1 aromatic rings. The third kappa shape index (κ3) is 5.00. The molecule has 0 spiro atoms. The zero-order valence-electron chi connectivity index (χ0n) is 10.8. The van der Waals surface area contributed by atoms with Gasteiger partial charge in [0.1, 0.15) is 0 Å². The summed E-state index contributed by atoms with van der Waals surface area (Å²) in [6, 6.07) is 9.80. The molecule has 100 valence electrons. The van der Waals surface area contributed by atoms with Crippen LogP contribution < -0.4 is 0 Å². The average molecular weight is 250 g/mol. The van der Waals surface area contributed by atoms with Crippen molar-refractivity contribution in [2.24, 2.45) is 5.92 Å². The third-order valence-electron chi connectivity index (χ3n) is 3.02. The van der Waals surface area contributed by atoms with Crippen molar-refractivity contribution in [1.82, 2.24) is 0 Å². The molecule has 0 aliphatic rings. The van der Waals surface area contributed by atoms with E-state index in [4.69, 9.17) is 4.74 Å². The molecule has 0 aliphatic carbocycles. The first-order chi connectivity index (χ1) is 8.65. The number of aliphatic hydroxyl groups is 2. The Hall–Kier alpha value is -1.16. The number of hydrogen-bond acceptors (Lipinski definition) is 3. The van der Waals surface area contributed by atoms with Gasteiger partial charge in [0.25, 0.3) is 0 Å². The van der Waals surface area contributed by atoms with Crippen LogP contribution in [0.3, 0.4) is 0 Å². The Labute approximate surface area is 109 Å². The van der Waals surface area contributed by atoms with Crippen molar-refractivity contribution in [2.75, 3.05) is 6.61 Å². The maximum absolute atomic E-state index is 9.87. The first-order valence-electron chi connectivity index (χ1n) is 6.23. The fourth-order valence-electron chi connectivity index (χ4n) is 1.67. The van der Waals surface area contributed by atoms with Crippen molar-refractivity contribution in [2.45, 2.75) is 32.2 Å². The van der Waals surface area contributed by atoms with Crippen molar-refractivity contribution in [3.8, 4) is 0 Å². The summed E-state index contributed by atoms with van der Waals surface area (Å²) in [5.74, 6) is -0.223. The summed E-state index contributed by atoms with van der Waals surface area (Å²) in [5, 5.41) is 19.6. The van der Waals surface area contributed by atoms with Crippen LogP contribution in [0.5, 0.6) is 0 Å². The summed E-state index contributed by atoms with van der Waals surface area (Å²) in [4.78, 5) is 0. The zero-order valence-corrected chi connectivity index (χ0v) is 10.8. The predicted octanol–water partition coefficient (Wildman–Crippen LogP) is 2.14. The maximum atomic E-state index is 9.87. The van der Waals surface area contributed by atoms with E-state index in [1.165, 1.54) is 0 Å². The van der Waals surface area contributed by atoms with Gasteiger partial charge < -0.3 is 14.9 Å². The topological polar surface area (TPSA) is 49.7 Å². The largest absolute Gasteiger partial charge is 0.392 e. The molecular formula is C15H22O3. The molecule has 0 unspecified atom stereocenters. The van der Waals surface area contributed by atoms with Gasteiger partial charge in [-0.15, -0.1) is 6.58 Å². The van der Waals surface area contributed by atoms with Gasteiger partial charge in [0.15, 0.2) is 0 Å². The minimum absolute atomic E-state index is 0.223. The van der Waals surface area contributed by atoms with Gasteiger partial charge in [0.05, 0.1) is 25.4 Å². The molecule has 3 atom stereocenters. The van der Waals surface area contributed by atoms with Gasteiger partial charge in [-0.2, -0.15) is 0 Å². The van der Waals surface area contributed by atoms with Gasteiger partial charge >= 0.3 is 0 Å². The van der Waals surface area contributed by atoms with Crippen LogP contribution in [0.15, 0.2) is 43.0 Å². The van der Waals surface area contributed by atoms with Crippen LogP contribution in [-0.4, -0.2) is 29.0 Å². The monoisotopic (exact) mass is 250 g/mol. The Balaban J connectivity index is 2.28. The van der Waals surface area contributed by atoms with Crippen molar-refractivity contribution in [3.63, 3.8) is 0 Å². The van der Waals surface area contributed by atoms with Gasteiger partial charge in [0.2, 0.25) is 0 Å². The molecule has 3 heteroatoms. The minimum atomic E-state index is -0.663. The number of aliphatic hydroxyl groups excluding tert-OH is 2. The number of rotatable bonds is 8. The van der Waals surface area contributed by atoms with E-state index in [1.807, 2.05) is 37.3 Å². The second kappa shape index (κ2) is 8.03. The SMILES string of the molecule is C=CC[C@@H](O)[C@H](C)[C@@H](O)COCc1ccccc1. The predicted molar refractivity (Wildman–Crippen MR) is 72.1 cm³/mol. The summed E-state index contributed by atoms with van der Waals surface area (Å²) in [7, 11) is 0. The molecule has 0 radical (unpaired) electrons. The van der Waals surface area contributed by atoms with Crippen molar-refractivity contribution < 1.29 is 14.9 Å². The van der Waals surface area contributed by atoms with Gasteiger partial charge in [-0.05, 0) is 12.0 Å². The lowest BCUT2D eigenvalue weighted by molar-refractivity contribution is -0.0344. The van der Waals surface area contributed by atoms with E-state index in [9.17, 15) is 10.2 Å². The summed E-state index contributed by atoms with van der Waals surface area (Å²) in [6.07, 6.45) is 0.900. The Bertz CT molecular complexity index is 337. The van der Waals surface area contributed by atoms with Crippen LogP contribution in [0.25, 0.3) is 0 Å². The number of hydrogen-bond donors (Lipinski definition) is 2. The minimum Gasteiger partial charge on any atom is -0.392 e. The Morgan fingerprint density at radius 2 is 1.89 bits per heavy atom. The maximum Gasteiger partial charge on any atom is 0.0824 e. The van der Waals surface area contributed by atoms with E-state index >= 15 is 0 Å². The molecule has 0 heterocycles. The number of benzene rings is 1. The first-order valence-corrected chi connectivity index (χ1v) is 6.23. The van der Waals surface area contributed by atoms with Gasteiger partial charge in [0, 0.05) is 5.92 Å². The number of ether oxygens (including phenoxy) is 1. The molecule has 18 heavy (non-hydrogen) atoms. The smallest absolute Gasteiger partial charge is 0.0824 e. The average Bonchev–Trinajstić information content (AvgIpc) is 2.39. The van der Waals surface area contributed by atoms with Crippen LogP contribution >= 0.6 is 0 Å². The van der Waals surface area contributed by atoms with Crippen LogP contribution in [0.2, 0.25) is 0 Å². The highest BCUT2D eigenvalue weighted by Gasteiger charge is 2.21. The molecule has 1 aromatic carbocycles. The highest BCUT2D eigenvalue weighted by molar-refractivity contribution is 5.13. The molecule has 0 bridgehead atoms. The molecule has 0 amide bonds. The highest BCUT2D eigenvalue weighted by Crippen LogP contribution is 2.13. The standard InChI is InChI=1S/C15H22O3/c1-3-7-14(16)12(2)15(17)11-18-10-13-8-5-4-6-9-13/h3-6,8-9,12,14-17H,1,7,10-11H2,2H3/t12-,14+,15-/m0/s1. The second-order valence-electron chi connectivity index (χ2n) is 4.52. The van der Waals surface area contributed by atoms with Crippen molar-refractivity contribution in [1.29, 1.82) is 0 Å². The quantitative estimate of drug-likeness (QED) is 0.695. The Kier molecular flexibility index (Phi) is 6.65. The van der Waals surface area contributed by atoms with Crippen LogP contribution in [0, 0.1) is 5.92 Å². The van der Waals surface area contributed by atoms with E-state index in [0.29, 0.717) is 13.0 Å². The fraction of sp³-hybridized carbons (Fsp3) is 0.467. The molecule has 0 aromatic heterocycles. The summed E-state index contributed by atoms with van der Waals surface area (Å²) >= 11 is 0. The van der Waals surface area contributed by atoms with E-state index in [0.717, 1.165) is 5.56 Å². The lowest BCUT2D eigenvalue weighted by atomic mass is 9.96. The Morgan fingerprint density at radius 1 is 1.22 bits per heavy atom. The van der Waals surface area contributed by atoms with Crippen LogP contribution in [0.4, 0.5) is 0 Å². The highest BCUT2D eigenvalue weighted by atomic mass is 16.5. The zero-order chi connectivity index (χ0) is 13.4. The lowest BCUT2D eigenvalue weighted by Gasteiger charge is -2.23. The normalized spacial score (nSPS) is 15.9. The molecule has 2 N–H and O–H groups in total. The molecule has 1 rings (SSSR count). The molecule has 0 fully saturated rings. The molecular weight excluding hydrogens is 228 g/mol. The summed E-state index contributed by atoms with van der Waals surface area (Å²) < 4.78 is 5.44. The first kappa shape index (κ1) is 14.9. The molecule has 0 saturated heterocycles.